The van der Waals surface area contributed by atoms with E-state index in [0.717, 1.165) is 11.7 Å². The lowest BCUT2D eigenvalue weighted by Gasteiger charge is -2.39. The number of halogens is 2. The minimum Gasteiger partial charge on any atom is -0.495 e. The molecule has 1 saturated heterocycles. The molecule has 1 fully saturated rings. The summed E-state index contributed by atoms with van der Waals surface area (Å²) in [5, 5.41) is 0. The van der Waals surface area contributed by atoms with E-state index in [9.17, 15) is 0 Å². The summed E-state index contributed by atoms with van der Waals surface area (Å²) in [7, 11) is 1.69. The summed E-state index contributed by atoms with van der Waals surface area (Å²) in [6.07, 6.45) is 8.56. The van der Waals surface area contributed by atoms with Gasteiger partial charge in [-0.1, -0.05) is 0 Å². The largest absolute Gasteiger partial charge is 0.495 e. The van der Waals surface area contributed by atoms with Crippen molar-refractivity contribution in [2.75, 3.05) is 20.2 Å². The van der Waals surface area contributed by atoms with Gasteiger partial charge in [0, 0.05) is 31.0 Å². The average Bonchev–Trinajstić information content (AvgIpc) is 2.40. The number of methoxy groups -OCH3 is 1. The molecule has 4 rings (SSSR count). The number of nitrogens with zero attached hydrogens (tertiary/aromatic N) is 2. The summed E-state index contributed by atoms with van der Waals surface area (Å²) < 4.78 is 5.22. The number of rotatable bonds is 2. The fraction of sp³-hybridized carbons (Fsp3) is 0.462. The van der Waals surface area contributed by atoms with Crippen LogP contribution in [0.3, 0.4) is 0 Å². The summed E-state index contributed by atoms with van der Waals surface area (Å²) in [4.78, 5) is 6.64. The van der Waals surface area contributed by atoms with Crippen molar-refractivity contribution in [1.82, 2.24) is 9.88 Å². The fourth-order valence-electron chi connectivity index (χ4n) is 2.64. The molecule has 0 aromatic carbocycles. The standard InChI is InChI=1S/C13H16N2O.2ClH/c1-16-12-6-11(7-14-8-12)13-9-15-4-2-10(13)3-5-15;;/h6-10H,2-5H2,1H3;2*1H. The molecule has 100 valence electrons. The van der Waals surface area contributed by atoms with Crippen LogP contribution in [-0.2, 0) is 0 Å². The molecule has 1 aromatic heterocycles. The van der Waals surface area contributed by atoms with Crippen LogP contribution in [0.1, 0.15) is 18.4 Å². The first kappa shape index (κ1) is 15.1. The zero-order chi connectivity index (χ0) is 11.0. The molecule has 0 radical (unpaired) electrons. The number of allylic oxidation sites excluding steroid dienone is 1. The molecule has 1 aromatic rings. The van der Waals surface area contributed by atoms with Gasteiger partial charge in [0.1, 0.15) is 5.75 Å². The van der Waals surface area contributed by atoms with Crippen molar-refractivity contribution in [3.05, 3.63) is 30.2 Å². The zero-order valence-electron chi connectivity index (χ0n) is 10.3. The third-order valence-electron chi connectivity index (χ3n) is 3.57. The van der Waals surface area contributed by atoms with Gasteiger partial charge in [0.2, 0.25) is 0 Å². The normalized spacial score (nSPS) is 17.6. The van der Waals surface area contributed by atoms with Crippen LogP contribution in [0.2, 0.25) is 0 Å². The molecule has 3 nitrogen and oxygen atoms in total. The lowest BCUT2D eigenvalue weighted by Crippen LogP contribution is -2.35. The van der Waals surface area contributed by atoms with Gasteiger partial charge >= 0.3 is 0 Å². The minimum absolute atomic E-state index is 0. The second-order valence-electron chi connectivity index (χ2n) is 4.51. The van der Waals surface area contributed by atoms with E-state index in [1.54, 1.807) is 13.3 Å². The van der Waals surface area contributed by atoms with Gasteiger partial charge in [-0.25, -0.2) is 0 Å². The first-order valence-corrected chi connectivity index (χ1v) is 5.82. The molecule has 4 heterocycles. The van der Waals surface area contributed by atoms with Crippen LogP contribution in [0, 0.1) is 5.92 Å². The molecular weight excluding hydrogens is 271 g/mol. The summed E-state index contributed by atoms with van der Waals surface area (Å²) in [5.74, 6) is 1.56. The van der Waals surface area contributed by atoms with Crippen LogP contribution in [0.4, 0.5) is 0 Å². The van der Waals surface area contributed by atoms with E-state index in [4.69, 9.17) is 4.74 Å². The Morgan fingerprint density at radius 1 is 1.22 bits per heavy atom. The number of piperidine rings is 1. The Balaban J connectivity index is 0.000000810. The van der Waals surface area contributed by atoms with E-state index in [0.29, 0.717) is 0 Å². The van der Waals surface area contributed by atoms with E-state index >= 15 is 0 Å². The molecule has 3 aliphatic rings. The van der Waals surface area contributed by atoms with Crippen LogP contribution < -0.4 is 4.74 Å². The first-order valence-electron chi connectivity index (χ1n) is 5.82. The van der Waals surface area contributed by atoms with Crippen molar-refractivity contribution in [2.24, 2.45) is 5.92 Å². The summed E-state index contributed by atoms with van der Waals surface area (Å²) in [6, 6.07) is 2.08. The van der Waals surface area contributed by atoms with Crippen LogP contribution in [-0.4, -0.2) is 30.1 Å². The van der Waals surface area contributed by atoms with Crippen molar-refractivity contribution in [2.45, 2.75) is 12.8 Å². The molecule has 18 heavy (non-hydrogen) atoms. The van der Waals surface area contributed by atoms with Gasteiger partial charge in [0.05, 0.1) is 13.3 Å². The maximum Gasteiger partial charge on any atom is 0.137 e. The molecule has 3 aliphatic heterocycles. The highest BCUT2D eigenvalue weighted by atomic mass is 35.5. The number of hydrogen-bond acceptors (Lipinski definition) is 3. The molecular formula is C13H18Cl2N2O. The summed E-state index contributed by atoms with van der Waals surface area (Å²) in [6.45, 7) is 2.43. The highest BCUT2D eigenvalue weighted by molar-refractivity contribution is 5.85. The Bertz CT molecular complexity index is 429. The first-order chi connectivity index (χ1) is 7.86. The number of ether oxygens (including phenoxy) is 1. The molecule has 0 aliphatic carbocycles. The second kappa shape index (κ2) is 6.30. The van der Waals surface area contributed by atoms with E-state index in [1.807, 2.05) is 6.20 Å². The smallest absolute Gasteiger partial charge is 0.137 e. The Hall–Kier alpha value is -0.930. The molecule has 5 heteroatoms. The number of aromatic nitrogens is 1. The highest BCUT2D eigenvalue weighted by Gasteiger charge is 2.27. The average molecular weight is 289 g/mol. The van der Waals surface area contributed by atoms with Gasteiger partial charge < -0.3 is 9.64 Å². The minimum atomic E-state index is 0. The molecule has 0 amide bonds. The molecule has 0 unspecified atom stereocenters. The van der Waals surface area contributed by atoms with Crippen LogP contribution >= 0.6 is 24.8 Å². The van der Waals surface area contributed by atoms with E-state index < -0.39 is 0 Å². The van der Waals surface area contributed by atoms with Crippen LogP contribution in [0.15, 0.2) is 24.7 Å². The Labute approximate surface area is 120 Å². The van der Waals surface area contributed by atoms with Crippen LogP contribution in [0.25, 0.3) is 5.57 Å². The summed E-state index contributed by atoms with van der Waals surface area (Å²) >= 11 is 0. The number of fused-ring (bicyclic) bond motifs is 2. The van der Waals surface area contributed by atoms with Gasteiger partial charge in [-0.2, -0.15) is 0 Å². The molecule has 0 atom stereocenters. The third-order valence-corrected chi connectivity index (χ3v) is 3.57. The fourth-order valence-corrected chi connectivity index (χ4v) is 2.64. The summed E-state index contributed by atoms with van der Waals surface area (Å²) in [5.41, 5.74) is 2.65. The Morgan fingerprint density at radius 3 is 2.50 bits per heavy atom. The monoisotopic (exact) mass is 288 g/mol. The van der Waals surface area contributed by atoms with E-state index in [-0.39, 0.29) is 24.8 Å². The van der Waals surface area contributed by atoms with Crippen molar-refractivity contribution in [3.63, 3.8) is 0 Å². The number of hydrogen-bond donors (Lipinski definition) is 0. The maximum atomic E-state index is 5.22. The van der Waals surface area contributed by atoms with Crippen molar-refractivity contribution in [1.29, 1.82) is 0 Å². The van der Waals surface area contributed by atoms with Crippen LogP contribution in [0.5, 0.6) is 5.75 Å². The van der Waals surface area contributed by atoms with E-state index in [2.05, 4.69) is 22.2 Å². The highest BCUT2D eigenvalue weighted by Crippen LogP contribution is 2.37. The van der Waals surface area contributed by atoms with E-state index in [1.165, 1.54) is 37.1 Å². The lowest BCUT2D eigenvalue weighted by atomic mass is 9.83. The molecule has 0 N–H and O–H groups in total. The van der Waals surface area contributed by atoms with Gasteiger partial charge in [-0.05, 0) is 30.4 Å². The molecule has 0 spiro atoms. The third kappa shape index (κ3) is 2.73. The predicted octanol–water partition coefficient (Wildman–Crippen LogP) is 3.00. The Kier molecular flexibility index (Phi) is 5.29. The Morgan fingerprint density at radius 2 is 1.94 bits per heavy atom. The maximum absolute atomic E-state index is 5.22. The SMILES string of the molecule is COc1cncc(C2=CN3CCC2CC3)c1.Cl.Cl. The predicted molar refractivity (Wildman–Crippen MR) is 77.6 cm³/mol. The van der Waals surface area contributed by atoms with Gasteiger partial charge in [-0.15, -0.1) is 24.8 Å². The molecule has 0 saturated carbocycles. The van der Waals surface area contributed by atoms with Gasteiger partial charge in [-0.3, -0.25) is 4.98 Å². The quantitative estimate of drug-likeness (QED) is 0.837. The molecule has 2 bridgehead atoms. The van der Waals surface area contributed by atoms with Crippen molar-refractivity contribution >= 4 is 30.4 Å². The zero-order valence-corrected chi connectivity index (χ0v) is 12.0. The topological polar surface area (TPSA) is 25.4 Å². The lowest BCUT2D eigenvalue weighted by molar-refractivity contribution is 0.252. The van der Waals surface area contributed by atoms with Gasteiger partial charge in [0.15, 0.2) is 0 Å². The van der Waals surface area contributed by atoms with Crippen molar-refractivity contribution < 1.29 is 4.74 Å². The number of pyridine rings is 1. The van der Waals surface area contributed by atoms with Crippen molar-refractivity contribution in [3.8, 4) is 5.75 Å². The second-order valence-corrected chi connectivity index (χ2v) is 4.51. The van der Waals surface area contributed by atoms with Gasteiger partial charge in [0.25, 0.3) is 0 Å².